The van der Waals surface area contributed by atoms with Gasteiger partial charge in [-0.3, -0.25) is 24.1 Å². The molecule has 1 unspecified atom stereocenters. The second-order valence-electron chi connectivity index (χ2n) is 10.9. The number of anilines is 2. The Morgan fingerprint density at radius 3 is 2.40 bits per heavy atom. The maximum absolute atomic E-state index is 13.7. The summed E-state index contributed by atoms with van der Waals surface area (Å²) in [6, 6.07) is 15.5. The maximum Gasteiger partial charge on any atom is 0.261 e. The Hall–Kier alpha value is -4.86. The molecule has 3 aliphatic rings. The van der Waals surface area contributed by atoms with Gasteiger partial charge in [0.05, 0.1) is 43.5 Å². The molecule has 10 heteroatoms. The van der Waals surface area contributed by atoms with E-state index in [0.29, 0.717) is 34.0 Å². The Kier molecular flexibility index (Phi) is 7.06. The molecule has 0 spiro atoms. The van der Waals surface area contributed by atoms with Gasteiger partial charge in [-0.25, -0.2) is 0 Å². The molecule has 0 saturated heterocycles. The molecule has 1 saturated carbocycles. The van der Waals surface area contributed by atoms with E-state index < -0.39 is 17.7 Å². The summed E-state index contributed by atoms with van der Waals surface area (Å²) in [7, 11) is 1.60. The minimum absolute atomic E-state index is 0.0211. The molecule has 2 heterocycles. The Morgan fingerprint density at radius 2 is 1.67 bits per heavy atom. The fourth-order valence-electron chi connectivity index (χ4n) is 6.05. The number of imide groups is 1. The minimum Gasteiger partial charge on any atom is -0.493 e. The molecule has 0 aromatic heterocycles. The number of fused-ring (bicyclic) bond motifs is 2. The van der Waals surface area contributed by atoms with Crippen LogP contribution in [0.25, 0.3) is 0 Å². The van der Waals surface area contributed by atoms with Crippen molar-refractivity contribution in [3.63, 3.8) is 0 Å². The van der Waals surface area contributed by atoms with Gasteiger partial charge in [0.1, 0.15) is 0 Å². The van der Waals surface area contributed by atoms with Gasteiger partial charge in [-0.05, 0) is 80.1 Å². The van der Waals surface area contributed by atoms with Crippen LogP contribution in [0.4, 0.5) is 11.4 Å². The molecular weight excluding hydrogens is 536 g/mol. The molecule has 3 aromatic rings. The van der Waals surface area contributed by atoms with Crippen molar-refractivity contribution in [1.82, 2.24) is 4.90 Å². The Balaban J connectivity index is 1.22. The number of carbonyl (C=O) groups excluding carboxylic acids is 4. The minimum atomic E-state index is -0.539. The first-order valence-electron chi connectivity index (χ1n) is 14.1. The highest BCUT2D eigenvalue weighted by Crippen LogP contribution is 2.42. The van der Waals surface area contributed by atoms with Crippen LogP contribution in [0.1, 0.15) is 80.8 Å². The molecule has 42 heavy (non-hydrogen) atoms. The number of ether oxygens (including phenoxy) is 2. The lowest BCUT2D eigenvalue weighted by molar-refractivity contribution is -0.116. The monoisotopic (exact) mass is 568 g/mol. The number of hydrogen-bond acceptors (Lipinski definition) is 7. The molecule has 0 bridgehead atoms. The molecule has 1 atom stereocenters. The van der Waals surface area contributed by atoms with Gasteiger partial charge >= 0.3 is 0 Å². The number of nitrogens with one attached hydrogen (secondary N) is 1. The highest BCUT2D eigenvalue weighted by atomic mass is 16.5. The highest BCUT2D eigenvalue weighted by Gasteiger charge is 2.38. The second kappa shape index (κ2) is 10.8. The van der Waals surface area contributed by atoms with Crippen LogP contribution in [0, 0.1) is 0 Å². The predicted molar refractivity (Wildman–Crippen MR) is 156 cm³/mol. The number of nitrogens with two attached hydrogens (primary N) is 1. The van der Waals surface area contributed by atoms with Crippen molar-refractivity contribution in [2.24, 2.45) is 5.73 Å². The van der Waals surface area contributed by atoms with Crippen molar-refractivity contribution >= 4 is 35.0 Å². The number of nitrogens with zero attached hydrogens (tertiary/aromatic N) is 2. The second-order valence-corrected chi connectivity index (χ2v) is 10.9. The van der Waals surface area contributed by atoms with Crippen molar-refractivity contribution in [3.05, 3.63) is 82.4 Å². The van der Waals surface area contributed by atoms with Crippen molar-refractivity contribution < 1.29 is 28.7 Å². The summed E-state index contributed by atoms with van der Waals surface area (Å²) in [5.74, 6) is -0.301. The van der Waals surface area contributed by atoms with E-state index >= 15 is 0 Å². The van der Waals surface area contributed by atoms with E-state index in [1.807, 2.05) is 37.3 Å². The molecule has 1 aliphatic carbocycles. The van der Waals surface area contributed by atoms with Crippen LogP contribution in [-0.2, 0) is 11.3 Å². The molecule has 0 radical (unpaired) electrons. The number of methoxy groups -OCH3 is 1. The fraction of sp³-hybridized carbons (Fsp3) is 0.312. The quantitative estimate of drug-likeness (QED) is 0.365. The summed E-state index contributed by atoms with van der Waals surface area (Å²) < 4.78 is 11.8. The third-order valence-electron chi connectivity index (χ3n) is 8.20. The Labute approximate surface area is 243 Å². The molecule has 3 N–H and O–H groups in total. The summed E-state index contributed by atoms with van der Waals surface area (Å²) in [4.78, 5) is 54.0. The van der Waals surface area contributed by atoms with Gasteiger partial charge in [0, 0.05) is 23.0 Å². The summed E-state index contributed by atoms with van der Waals surface area (Å²) in [5, 5.41) is 2.84. The number of amides is 4. The number of rotatable bonds is 9. The summed E-state index contributed by atoms with van der Waals surface area (Å²) in [5.41, 5.74) is 9.02. The van der Waals surface area contributed by atoms with Crippen LogP contribution in [0.3, 0.4) is 0 Å². The lowest BCUT2D eigenvalue weighted by Crippen LogP contribution is -2.29. The number of primary amides is 1. The van der Waals surface area contributed by atoms with Crippen LogP contribution < -0.4 is 25.4 Å². The van der Waals surface area contributed by atoms with Gasteiger partial charge in [-0.1, -0.05) is 12.1 Å². The summed E-state index contributed by atoms with van der Waals surface area (Å²) >= 11 is 0. The molecular formula is C32H32N4O6. The van der Waals surface area contributed by atoms with Gasteiger partial charge in [0.15, 0.2) is 11.5 Å². The summed E-state index contributed by atoms with van der Waals surface area (Å²) in [6.07, 6.45) is 4.42. The molecule has 216 valence electrons. The summed E-state index contributed by atoms with van der Waals surface area (Å²) in [6.45, 7) is 1.90. The molecule has 4 amide bonds. The SMILES string of the molecule is COc1ccc(N2C(=O)c3cc(CN4C(=O)c5ccc(NCC(N)=O)cc5C4=O)ccc3C2C)cc1OC1CCCC1. The number of carbonyl (C=O) groups is 4. The fourth-order valence-corrected chi connectivity index (χ4v) is 6.05. The zero-order valence-electron chi connectivity index (χ0n) is 23.5. The lowest BCUT2D eigenvalue weighted by Gasteiger charge is -2.24. The molecule has 6 rings (SSSR count). The van der Waals surface area contributed by atoms with Gasteiger partial charge < -0.3 is 25.4 Å². The zero-order valence-corrected chi connectivity index (χ0v) is 23.5. The van der Waals surface area contributed by atoms with Crippen LogP contribution in [0.5, 0.6) is 11.5 Å². The standard InChI is InChI=1S/C32H32N4O6/c1-18-23-10-7-19(17-35-30(38)24-11-8-20(34-16-29(33)37)14-26(24)31(35)39)13-25(23)32(40)36(18)21-9-12-27(41-2)28(15-21)42-22-5-3-4-6-22/h7-15,18,22,34H,3-6,16-17H2,1-2H3,(H2,33,37). The van der Waals surface area contributed by atoms with Crippen molar-refractivity contribution in [1.29, 1.82) is 0 Å². The van der Waals surface area contributed by atoms with Crippen LogP contribution >= 0.6 is 0 Å². The highest BCUT2D eigenvalue weighted by molar-refractivity contribution is 6.21. The normalized spacial score (nSPS) is 18.0. The predicted octanol–water partition coefficient (Wildman–Crippen LogP) is 4.43. The first-order chi connectivity index (χ1) is 20.2. The van der Waals surface area contributed by atoms with Crippen molar-refractivity contribution in [2.75, 3.05) is 23.9 Å². The molecule has 1 fully saturated rings. The number of benzene rings is 3. The Morgan fingerprint density at radius 1 is 0.905 bits per heavy atom. The molecule has 3 aromatic carbocycles. The third kappa shape index (κ3) is 4.82. The smallest absolute Gasteiger partial charge is 0.261 e. The van der Waals surface area contributed by atoms with E-state index in [1.54, 1.807) is 36.3 Å². The van der Waals surface area contributed by atoms with E-state index in [-0.39, 0.29) is 42.3 Å². The van der Waals surface area contributed by atoms with Crippen molar-refractivity contribution in [2.45, 2.75) is 51.3 Å². The van der Waals surface area contributed by atoms with Crippen LogP contribution in [0.15, 0.2) is 54.6 Å². The van der Waals surface area contributed by atoms with E-state index in [9.17, 15) is 19.2 Å². The third-order valence-corrected chi connectivity index (χ3v) is 8.20. The van der Waals surface area contributed by atoms with Crippen LogP contribution in [-0.4, -0.2) is 48.3 Å². The maximum atomic E-state index is 13.7. The lowest BCUT2D eigenvalue weighted by atomic mass is 10.0. The number of hydrogen-bond donors (Lipinski definition) is 2. The van der Waals surface area contributed by atoms with Gasteiger partial charge in [-0.2, -0.15) is 0 Å². The largest absolute Gasteiger partial charge is 0.493 e. The zero-order chi connectivity index (χ0) is 29.5. The average molecular weight is 569 g/mol. The topological polar surface area (TPSA) is 131 Å². The first-order valence-corrected chi connectivity index (χ1v) is 14.1. The van der Waals surface area contributed by atoms with Gasteiger partial charge in [0.2, 0.25) is 5.91 Å². The molecule has 2 aliphatic heterocycles. The van der Waals surface area contributed by atoms with E-state index in [0.717, 1.165) is 31.2 Å². The van der Waals surface area contributed by atoms with Gasteiger partial charge in [-0.15, -0.1) is 0 Å². The van der Waals surface area contributed by atoms with E-state index in [4.69, 9.17) is 15.2 Å². The molecule has 10 nitrogen and oxygen atoms in total. The van der Waals surface area contributed by atoms with Gasteiger partial charge in [0.25, 0.3) is 17.7 Å². The average Bonchev–Trinajstić information content (AvgIpc) is 3.65. The van der Waals surface area contributed by atoms with Crippen molar-refractivity contribution in [3.8, 4) is 11.5 Å². The van der Waals surface area contributed by atoms with Crippen LogP contribution in [0.2, 0.25) is 0 Å². The van der Waals surface area contributed by atoms with E-state index in [2.05, 4.69) is 5.32 Å². The van der Waals surface area contributed by atoms with E-state index in [1.165, 1.54) is 4.90 Å². The first kappa shape index (κ1) is 27.3. The Bertz CT molecular complexity index is 1610.